The number of benzene rings is 1. The molecule has 0 aromatic heterocycles. The predicted octanol–water partition coefficient (Wildman–Crippen LogP) is 1.70. The molecule has 0 N–H and O–H groups in total. The number of sulfonamides is 1. The molecule has 2 rings (SSSR count). The Bertz CT molecular complexity index is 710. The summed E-state index contributed by atoms with van der Waals surface area (Å²) in [5.41, 5.74) is 0.491. The number of rotatable bonds is 6. The lowest BCUT2D eigenvalue weighted by molar-refractivity contribution is -0.384. The van der Waals surface area contributed by atoms with Crippen LogP contribution >= 0.6 is 0 Å². The summed E-state index contributed by atoms with van der Waals surface area (Å²) in [5, 5.41) is 10.7. The van der Waals surface area contributed by atoms with Gasteiger partial charge in [-0.25, -0.2) is 12.7 Å². The summed E-state index contributed by atoms with van der Waals surface area (Å²) in [6.07, 6.45) is 0.847. The molecule has 1 heterocycles. The summed E-state index contributed by atoms with van der Waals surface area (Å²) >= 11 is 0. The number of ether oxygens (including phenoxy) is 1. The first kappa shape index (κ1) is 18.3. The molecule has 1 aliphatic rings. The summed E-state index contributed by atoms with van der Waals surface area (Å²) in [5.74, 6) is -0.684. The summed E-state index contributed by atoms with van der Waals surface area (Å²) in [6, 6.07) is 5.92. The molecule has 1 fully saturated rings. The van der Waals surface area contributed by atoms with Crippen molar-refractivity contribution in [2.24, 2.45) is 5.92 Å². The molecule has 132 valence electrons. The van der Waals surface area contributed by atoms with Crippen LogP contribution in [0.15, 0.2) is 24.3 Å². The van der Waals surface area contributed by atoms with Gasteiger partial charge in [-0.1, -0.05) is 12.1 Å². The Kier molecular flexibility index (Phi) is 5.89. The minimum absolute atomic E-state index is 0.0337. The lowest BCUT2D eigenvalue weighted by Gasteiger charge is -2.29. The van der Waals surface area contributed by atoms with Gasteiger partial charge in [-0.3, -0.25) is 14.9 Å². The fraction of sp³-hybridized carbons (Fsp3) is 0.533. The van der Waals surface area contributed by atoms with E-state index in [2.05, 4.69) is 0 Å². The molecule has 1 aromatic carbocycles. The van der Waals surface area contributed by atoms with E-state index in [1.54, 1.807) is 13.0 Å². The van der Waals surface area contributed by atoms with Gasteiger partial charge in [0.1, 0.15) is 6.61 Å². The number of carbonyl (C=O) groups excluding carboxylic acids is 1. The molecule has 0 saturated carbocycles. The van der Waals surface area contributed by atoms with Crippen LogP contribution in [-0.2, 0) is 26.2 Å². The number of nitro groups is 1. The molecule has 0 aliphatic carbocycles. The van der Waals surface area contributed by atoms with Crippen LogP contribution in [0, 0.1) is 16.0 Å². The van der Waals surface area contributed by atoms with Gasteiger partial charge in [0.15, 0.2) is 0 Å². The average molecular weight is 356 g/mol. The number of hydrogen-bond acceptors (Lipinski definition) is 6. The van der Waals surface area contributed by atoms with E-state index in [0.717, 1.165) is 0 Å². The van der Waals surface area contributed by atoms with E-state index in [0.29, 0.717) is 31.5 Å². The molecule has 1 aromatic rings. The van der Waals surface area contributed by atoms with Crippen molar-refractivity contribution in [1.82, 2.24) is 4.31 Å². The average Bonchev–Trinajstić information content (AvgIpc) is 2.60. The number of non-ortho nitro benzene ring substituents is 1. The minimum atomic E-state index is -3.22. The highest BCUT2D eigenvalue weighted by Gasteiger charge is 2.30. The number of piperidine rings is 1. The summed E-state index contributed by atoms with van der Waals surface area (Å²) in [4.78, 5) is 22.3. The first-order valence-electron chi connectivity index (χ1n) is 7.71. The van der Waals surface area contributed by atoms with E-state index >= 15 is 0 Å². The monoisotopic (exact) mass is 356 g/mol. The van der Waals surface area contributed by atoms with E-state index in [9.17, 15) is 23.3 Å². The lowest BCUT2D eigenvalue weighted by Crippen LogP contribution is -2.41. The second-order valence-corrected chi connectivity index (χ2v) is 7.87. The normalized spacial score (nSPS) is 16.7. The summed E-state index contributed by atoms with van der Waals surface area (Å²) < 4.78 is 30.2. The standard InChI is InChI=1S/C15H20N2O6S/c1-2-24(21,22)16-8-6-13(7-9-16)15(18)23-11-12-4-3-5-14(10-12)17(19)20/h3-5,10,13H,2,6-9,11H2,1H3. The van der Waals surface area contributed by atoms with Crippen LogP contribution in [0.25, 0.3) is 0 Å². The van der Waals surface area contributed by atoms with Crippen molar-refractivity contribution in [2.75, 3.05) is 18.8 Å². The molecule has 1 aliphatic heterocycles. The van der Waals surface area contributed by atoms with Crippen molar-refractivity contribution in [3.8, 4) is 0 Å². The third-order valence-corrected chi connectivity index (χ3v) is 5.93. The first-order chi connectivity index (χ1) is 11.3. The zero-order valence-corrected chi connectivity index (χ0v) is 14.2. The Labute approximate surface area is 140 Å². The second kappa shape index (κ2) is 7.71. The number of esters is 1. The van der Waals surface area contributed by atoms with Gasteiger partial charge < -0.3 is 4.74 Å². The molecule has 0 bridgehead atoms. The Balaban J connectivity index is 1.86. The van der Waals surface area contributed by atoms with Gasteiger partial charge >= 0.3 is 5.97 Å². The van der Waals surface area contributed by atoms with Gasteiger partial charge in [0.05, 0.1) is 16.6 Å². The van der Waals surface area contributed by atoms with Crippen LogP contribution in [0.2, 0.25) is 0 Å². The Morgan fingerprint density at radius 3 is 2.62 bits per heavy atom. The smallest absolute Gasteiger partial charge is 0.309 e. The van der Waals surface area contributed by atoms with E-state index in [1.165, 1.54) is 22.5 Å². The van der Waals surface area contributed by atoms with E-state index in [4.69, 9.17) is 4.74 Å². The van der Waals surface area contributed by atoms with Crippen molar-refractivity contribution in [1.29, 1.82) is 0 Å². The topological polar surface area (TPSA) is 107 Å². The maximum Gasteiger partial charge on any atom is 0.309 e. The lowest BCUT2D eigenvalue weighted by atomic mass is 9.98. The predicted molar refractivity (Wildman–Crippen MR) is 86.7 cm³/mol. The molecule has 1 saturated heterocycles. The summed E-state index contributed by atoms with van der Waals surface area (Å²) in [6.45, 7) is 2.18. The zero-order chi connectivity index (χ0) is 17.7. The molecule has 0 spiro atoms. The molecule has 0 unspecified atom stereocenters. The quantitative estimate of drug-likeness (QED) is 0.436. The Hall–Kier alpha value is -2.00. The van der Waals surface area contributed by atoms with Crippen molar-refractivity contribution in [3.63, 3.8) is 0 Å². The number of carbonyl (C=O) groups is 1. The van der Waals surface area contributed by atoms with E-state index in [1.807, 2.05) is 0 Å². The van der Waals surface area contributed by atoms with Crippen LogP contribution in [0.3, 0.4) is 0 Å². The van der Waals surface area contributed by atoms with Gasteiger partial charge in [-0.2, -0.15) is 0 Å². The maximum atomic E-state index is 12.1. The van der Waals surface area contributed by atoms with Gasteiger partial charge in [0.25, 0.3) is 5.69 Å². The molecular formula is C15H20N2O6S. The van der Waals surface area contributed by atoms with Crippen LogP contribution in [0.4, 0.5) is 5.69 Å². The van der Waals surface area contributed by atoms with Crippen molar-refractivity contribution >= 4 is 21.7 Å². The zero-order valence-electron chi connectivity index (χ0n) is 13.4. The SMILES string of the molecule is CCS(=O)(=O)N1CCC(C(=O)OCc2cccc([N+](=O)[O-])c2)CC1. The first-order valence-corrected chi connectivity index (χ1v) is 9.32. The van der Waals surface area contributed by atoms with Crippen molar-refractivity contribution in [2.45, 2.75) is 26.4 Å². The highest BCUT2D eigenvalue weighted by atomic mass is 32.2. The largest absolute Gasteiger partial charge is 0.461 e. The van der Waals surface area contributed by atoms with Gasteiger partial charge in [-0.05, 0) is 25.3 Å². The second-order valence-electron chi connectivity index (χ2n) is 5.61. The van der Waals surface area contributed by atoms with Crippen LogP contribution < -0.4 is 0 Å². The third-order valence-electron chi connectivity index (χ3n) is 4.05. The molecule has 9 heteroatoms. The molecule has 8 nitrogen and oxygen atoms in total. The van der Waals surface area contributed by atoms with Gasteiger partial charge in [-0.15, -0.1) is 0 Å². The molecule has 24 heavy (non-hydrogen) atoms. The molecule has 0 radical (unpaired) electrons. The van der Waals surface area contributed by atoms with Crippen molar-refractivity contribution in [3.05, 3.63) is 39.9 Å². The summed E-state index contributed by atoms with van der Waals surface area (Å²) in [7, 11) is -3.22. The van der Waals surface area contributed by atoms with E-state index in [-0.39, 0.29) is 24.0 Å². The van der Waals surface area contributed by atoms with Gasteiger partial charge in [0.2, 0.25) is 10.0 Å². The van der Waals surface area contributed by atoms with Crippen molar-refractivity contribution < 1.29 is 22.9 Å². The Morgan fingerprint density at radius 1 is 1.38 bits per heavy atom. The molecule has 0 atom stereocenters. The highest BCUT2D eigenvalue weighted by Crippen LogP contribution is 2.22. The third kappa shape index (κ3) is 4.51. The van der Waals surface area contributed by atoms with Gasteiger partial charge in [0, 0.05) is 25.2 Å². The maximum absolute atomic E-state index is 12.1. The number of hydrogen-bond donors (Lipinski definition) is 0. The van der Waals surface area contributed by atoms with Crippen LogP contribution in [0.1, 0.15) is 25.3 Å². The molecule has 0 amide bonds. The van der Waals surface area contributed by atoms with Crippen LogP contribution in [-0.4, -0.2) is 42.5 Å². The highest BCUT2D eigenvalue weighted by molar-refractivity contribution is 7.89. The fourth-order valence-electron chi connectivity index (χ4n) is 2.58. The fourth-order valence-corrected chi connectivity index (χ4v) is 3.72. The molecular weight excluding hydrogens is 336 g/mol. The van der Waals surface area contributed by atoms with Crippen LogP contribution in [0.5, 0.6) is 0 Å². The minimum Gasteiger partial charge on any atom is -0.461 e. The number of nitrogens with zero attached hydrogens (tertiary/aromatic N) is 2. The Morgan fingerprint density at radius 2 is 2.04 bits per heavy atom. The number of nitro benzene ring substituents is 1. The van der Waals surface area contributed by atoms with E-state index < -0.39 is 20.9 Å².